The van der Waals surface area contributed by atoms with Gasteiger partial charge in [-0.15, -0.1) is 0 Å². The van der Waals surface area contributed by atoms with Gasteiger partial charge in [-0.25, -0.2) is 4.39 Å². The summed E-state index contributed by atoms with van der Waals surface area (Å²) in [5.74, 6) is -0.528. The molecule has 1 aliphatic rings. The number of aryl methyl sites for hydroxylation is 1. The van der Waals surface area contributed by atoms with Crippen LogP contribution < -0.4 is 10.6 Å². The number of hydrogen-bond donors (Lipinski definition) is 2. The minimum absolute atomic E-state index is 0.189. The van der Waals surface area contributed by atoms with Crippen LogP contribution in [0.15, 0.2) is 48.7 Å². The lowest BCUT2D eigenvalue weighted by molar-refractivity contribution is -0.110. The van der Waals surface area contributed by atoms with Crippen LogP contribution in [-0.4, -0.2) is 5.91 Å². The number of carbonyl (C=O) groups is 1. The third-order valence-corrected chi connectivity index (χ3v) is 3.21. The molecule has 0 bridgehead atoms. The highest BCUT2D eigenvalue weighted by Crippen LogP contribution is 2.31. The molecule has 1 heterocycles. The number of benzene rings is 2. The Balaban J connectivity index is 1.91. The molecule has 0 saturated carbocycles. The molecule has 0 saturated heterocycles. The highest BCUT2D eigenvalue weighted by Gasteiger charge is 2.23. The number of rotatable bonds is 2. The number of anilines is 2. The zero-order valence-corrected chi connectivity index (χ0v) is 10.9. The Labute approximate surface area is 116 Å². The lowest BCUT2D eigenvalue weighted by Crippen LogP contribution is -2.05. The van der Waals surface area contributed by atoms with Crippen molar-refractivity contribution in [3.8, 4) is 0 Å². The van der Waals surface area contributed by atoms with Gasteiger partial charge in [0.25, 0.3) is 5.91 Å². The van der Waals surface area contributed by atoms with Gasteiger partial charge in [-0.1, -0.05) is 24.3 Å². The molecule has 100 valence electrons. The summed E-state index contributed by atoms with van der Waals surface area (Å²) in [4.78, 5) is 11.9. The standard InChI is InChI=1S/C16H13FN2O/c1-10-6-7-15(13(17)8-10)18-9-12-11-4-2-3-5-14(11)19-16(12)20/h2-9,18H,1H3,(H,19,20). The van der Waals surface area contributed by atoms with E-state index in [0.29, 0.717) is 11.3 Å². The molecule has 1 aliphatic heterocycles. The van der Waals surface area contributed by atoms with E-state index in [0.717, 1.165) is 16.8 Å². The largest absolute Gasteiger partial charge is 0.358 e. The Morgan fingerprint density at radius 1 is 1.20 bits per heavy atom. The van der Waals surface area contributed by atoms with Gasteiger partial charge in [0.15, 0.2) is 0 Å². The molecule has 2 N–H and O–H groups in total. The summed E-state index contributed by atoms with van der Waals surface area (Å²) in [5, 5.41) is 5.62. The van der Waals surface area contributed by atoms with Gasteiger partial charge in [-0.05, 0) is 30.7 Å². The molecule has 0 radical (unpaired) electrons. The van der Waals surface area contributed by atoms with Crippen molar-refractivity contribution in [2.24, 2.45) is 0 Å². The zero-order valence-electron chi connectivity index (χ0n) is 10.9. The van der Waals surface area contributed by atoms with E-state index in [4.69, 9.17) is 0 Å². The molecule has 2 aromatic carbocycles. The molecular formula is C16H13FN2O. The fourth-order valence-corrected chi connectivity index (χ4v) is 2.17. The predicted octanol–water partition coefficient (Wildman–Crippen LogP) is 3.54. The van der Waals surface area contributed by atoms with Crippen molar-refractivity contribution in [2.45, 2.75) is 6.92 Å². The van der Waals surface area contributed by atoms with Crippen LogP contribution in [0.2, 0.25) is 0 Å². The third kappa shape index (κ3) is 2.16. The van der Waals surface area contributed by atoms with E-state index in [2.05, 4.69) is 10.6 Å². The number of para-hydroxylation sites is 1. The topological polar surface area (TPSA) is 41.1 Å². The Kier molecular flexibility index (Phi) is 2.99. The van der Waals surface area contributed by atoms with Gasteiger partial charge in [0.2, 0.25) is 0 Å². The summed E-state index contributed by atoms with van der Waals surface area (Å²) >= 11 is 0. The van der Waals surface area contributed by atoms with Crippen LogP contribution in [0, 0.1) is 12.7 Å². The number of halogens is 1. The van der Waals surface area contributed by atoms with Crippen LogP contribution in [0.1, 0.15) is 11.1 Å². The Morgan fingerprint density at radius 3 is 2.80 bits per heavy atom. The van der Waals surface area contributed by atoms with Crippen LogP contribution in [0.5, 0.6) is 0 Å². The van der Waals surface area contributed by atoms with E-state index >= 15 is 0 Å². The molecule has 1 amide bonds. The van der Waals surface area contributed by atoms with Crippen LogP contribution in [0.25, 0.3) is 5.57 Å². The van der Waals surface area contributed by atoms with Crippen molar-refractivity contribution >= 4 is 22.9 Å². The van der Waals surface area contributed by atoms with Gasteiger partial charge in [0.05, 0.1) is 11.3 Å². The molecule has 2 aromatic rings. The Bertz CT molecular complexity index is 722. The monoisotopic (exact) mass is 268 g/mol. The third-order valence-electron chi connectivity index (χ3n) is 3.21. The van der Waals surface area contributed by atoms with Gasteiger partial charge < -0.3 is 10.6 Å². The fraction of sp³-hybridized carbons (Fsp3) is 0.0625. The minimum Gasteiger partial charge on any atom is -0.358 e. The zero-order chi connectivity index (χ0) is 14.1. The van der Waals surface area contributed by atoms with Crippen molar-refractivity contribution in [3.63, 3.8) is 0 Å². The fourth-order valence-electron chi connectivity index (χ4n) is 2.17. The molecule has 3 rings (SSSR count). The first-order chi connectivity index (χ1) is 9.65. The number of carbonyl (C=O) groups excluding carboxylic acids is 1. The molecule has 0 aliphatic carbocycles. The summed E-state index contributed by atoms with van der Waals surface area (Å²) in [6.45, 7) is 1.83. The highest BCUT2D eigenvalue weighted by molar-refractivity contribution is 6.31. The SMILES string of the molecule is Cc1ccc(NC=C2C(=O)Nc3ccccc32)c(F)c1. The molecule has 0 spiro atoms. The van der Waals surface area contributed by atoms with E-state index in [1.54, 1.807) is 6.07 Å². The minimum atomic E-state index is -0.339. The van der Waals surface area contributed by atoms with Crippen LogP contribution in [-0.2, 0) is 4.79 Å². The molecule has 20 heavy (non-hydrogen) atoms. The summed E-state index contributed by atoms with van der Waals surface area (Å²) in [5.41, 5.74) is 3.29. The van der Waals surface area contributed by atoms with Gasteiger partial charge >= 0.3 is 0 Å². The second kappa shape index (κ2) is 4.81. The summed E-state index contributed by atoms with van der Waals surface area (Å²) in [7, 11) is 0. The van der Waals surface area contributed by atoms with Crippen molar-refractivity contribution in [3.05, 3.63) is 65.6 Å². The summed E-state index contributed by atoms with van der Waals surface area (Å²) in [6.07, 6.45) is 1.54. The van der Waals surface area contributed by atoms with Gasteiger partial charge in [-0.3, -0.25) is 4.79 Å². The maximum absolute atomic E-state index is 13.7. The summed E-state index contributed by atoms with van der Waals surface area (Å²) in [6, 6.07) is 12.3. The molecule has 0 atom stereocenters. The van der Waals surface area contributed by atoms with Crippen molar-refractivity contribution in [2.75, 3.05) is 10.6 Å². The average molecular weight is 268 g/mol. The smallest absolute Gasteiger partial charge is 0.257 e. The van der Waals surface area contributed by atoms with Crippen LogP contribution in [0.3, 0.4) is 0 Å². The van der Waals surface area contributed by atoms with Crippen molar-refractivity contribution in [1.82, 2.24) is 0 Å². The molecule has 0 unspecified atom stereocenters. The van der Waals surface area contributed by atoms with E-state index in [9.17, 15) is 9.18 Å². The average Bonchev–Trinajstić information content (AvgIpc) is 2.74. The maximum atomic E-state index is 13.7. The first-order valence-electron chi connectivity index (χ1n) is 6.29. The van der Waals surface area contributed by atoms with E-state index in [-0.39, 0.29) is 11.7 Å². The molecule has 0 aromatic heterocycles. The van der Waals surface area contributed by atoms with Gasteiger partial charge in [0.1, 0.15) is 5.82 Å². The number of fused-ring (bicyclic) bond motifs is 1. The normalized spacial score (nSPS) is 15.1. The van der Waals surface area contributed by atoms with E-state index in [1.807, 2.05) is 37.3 Å². The predicted molar refractivity (Wildman–Crippen MR) is 77.8 cm³/mol. The number of hydrogen-bond acceptors (Lipinski definition) is 2. The molecule has 4 heteroatoms. The highest BCUT2D eigenvalue weighted by atomic mass is 19.1. The van der Waals surface area contributed by atoms with Crippen LogP contribution in [0.4, 0.5) is 15.8 Å². The maximum Gasteiger partial charge on any atom is 0.257 e. The number of amides is 1. The van der Waals surface area contributed by atoms with Gasteiger partial charge in [0, 0.05) is 17.5 Å². The van der Waals surface area contributed by atoms with Crippen LogP contribution >= 0.6 is 0 Å². The van der Waals surface area contributed by atoms with Crippen molar-refractivity contribution < 1.29 is 9.18 Å². The molecule has 3 nitrogen and oxygen atoms in total. The van der Waals surface area contributed by atoms with E-state index < -0.39 is 0 Å². The number of nitrogens with one attached hydrogen (secondary N) is 2. The second-order valence-corrected chi connectivity index (χ2v) is 4.69. The summed E-state index contributed by atoms with van der Waals surface area (Å²) < 4.78 is 13.7. The van der Waals surface area contributed by atoms with Gasteiger partial charge in [-0.2, -0.15) is 0 Å². The lowest BCUT2D eigenvalue weighted by Gasteiger charge is -2.05. The quantitative estimate of drug-likeness (QED) is 0.818. The molecule has 0 fully saturated rings. The first kappa shape index (κ1) is 12.4. The first-order valence-corrected chi connectivity index (χ1v) is 6.29. The Hall–Kier alpha value is -2.62. The lowest BCUT2D eigenvalue weighted by atomic mass is 10.1. The second-order valence-electron chi connectivity index (χ2n) is 4.69. The Morgan fingerprint density at radius 2 is 2.00 bits per heavy atom. The van der Waals surface area contributed by atoms with E-state index in [1.165, 1.54) is 12.3 Å². The molecular weight excluding hydrogens is 255 g/mol. The van der Waals surface area contributed by atoms with Crippen molar-refractivity contribution in [1.29, 1.82) is 0 Å².